The monoisotopic (exact) mass is 331 g/mol. The van der Waals surface area contributed by atoms with Gasteiger partial charge in [-0.1, -0.05) is 6.07 Å². The zero-order valence-corrected chi connectivity index (χ0v) is 14.7. The zero-order valence-electron chi connectivity index (χ0n) is 14.7. The summed E-state index contributed by atoms with van der Waals surface area (Å²) in [5.41, 5.74) is 1.98. The highest BCUT2D eigenvalue weighted by Crippen LogP contribution is 2.28. The third-order valence-corrected chi connectivity index (χ3v) is 5.34. The Labute approximate surface area is 144 Å². The standard InChI is InChI=1S/C19H29N3O2/c1-14(2)21-9-11-22(12-10-21)16-6-3-5-15(13-16)20-19(24)17-7-4-8-18(17)23/h3,5-6,13-14,17-18,23H,4,7-12H2,1-2H3,(H,20,24). The van der Waals surface area contributed by atoms with E-state index in [2.05, 4.69) is 35.0 Å². The Hall–Kier alpha value is -1.59. The van der Waals surface area contributed by atoms with Crippen LogP contribution < -0.4 is 10.2 Å². The first kappa shape index (κ1) is 17.2. The second-order valence-electron chi connectivity index (χ2n) is 7.26. The van der Waals surface area contributed by atoms with Gasteiger partial charge in [-0.05, 0) is 51.3 Å². The first-order valence-corrected chi connectivity index (χ1v) is 9.12. The van der Waals surface area contributed by atoms with Crippen LogP contribution in [0.4, 0.5) is 11.4 Å². The van der Waals surface area contributed by atoms with Crippen molar-refractivity contribution in [3.8, 4) is 0 Å². The highest BCUT2D eigenvalue weighted by molar-refractivity contribution is 5.93. The van der Waals surface area contributed by atoms with Crippen molar-refractivity contribution >= 4 is 17.3 Å². The fourth-order valence-electron chi connectivity index (χ4n) is 3.76. The first-order chi connectivity index (χ1) is 11.5. The Morgan fingerprint density at radius 1 is 1.21 bits per heavy atom. The fraction of sp³-hybridized carbons (Fsp3) is 0.632. The summed E-state index contributed by atoms with van der Waals surface area (Å²) in [5, 5.41) is 12.9. The minimum Gasteiger partial charge on any atom is -0.392 e. The number of anilines is 2. The van der Waals surface area contributed by atoms with Gasteiger partial charge < -0.3 is 15.3 Å². The van der Waals surface area contributed by atoms with Crippen molar-refractivity contribution in [2.45, 2.75) is 45.3 Å². The average Bonchev–Trinajstić information content (AvgIpc) is 3.01. The molecular weight excluding hydrogens is 302 g/mol. The summed E-state index contributed by atoms with van der Waals surface area (Å²) >= 11 is 0. The fourth-order valence-corrected chi connectivity index (χ4v) is 3.76. The molecule has 0 aromatic heterocycles. The number of aliphatic hydroxyl groups is 1. The van der Waals surface area contributed by atoms with Crippen molar-refractivity contribution in [1.29, 1.82) is 0 Å². The number of carbonyl (C=O) groups is 1. The number of benzene rings is 1. The van der Waals surface area contributed by atoms with Crippen molar-refractivity contribution in [3.05, 3.63) is 24.3 Å². The van der Waals surface area contributed by atoms with Gasteiger partial charge in [0.15, 0.2) is 0 Å². The van der Waals surface area contributed by atoms with Gasteiger partial charge in [-0.15, -0.1) is 0 Å². The summed E-state index contributed by atoms with van der Waals surface area (Å²) in [4.78, 5) is 17.2. The van der Waals surface area contributed by atoms with Gasteiger partial charge in [-0.3, -0.25) is 9.69 Å². The molecule has 5 heteroatoms. The molecule has 1 saturated heterocycles. The number of aliphatic hydroxyl groups excluding tert-OH is 1. The van der Waals surface area contributed by atoms with Crippen LogP contribution in [0.25, 0.3) is 0 Å². The van der Waals surface area contributed by atoms with Gasteiger partial charge in [-0.25, -0.2) is 0 Å². The predicted octanol–water partition coefficient (Wildman–Crippen LogP) is 2.32. The molecular formula is C19H29N3O2. The molecule has 1 aromatic carbocycles. The molecule has 1 heterocycles. The molecule has 2 aliphatic rings. The Bertz CT molecular complexity index is 567. The van der Waals surface area contributed by atoms with Gasteiger partial charge in [0.05, 0.1) is 12.0 Å². The number of nitrogens with one attached hydrogen (secondary N) is 1. The van der Waals surface area contributed by atoms with Crippen LogP contribution in [0.1, 0.15) is 33.1 Å². The maximum Gasteiger partial charge on any atom is 0.230 e. The molecule has 2 unspecified atom stereocenters. The third kappa shape index (κ3) is 3.90. The van der Waals surface area contributed by atoms with Crippen LogP contribution in [0.5, 0.6) is 0 Å². The van der Waals surface area contributed by atoms with E-state index in [-0.39, 0.29) is 11.8 Å². The van der Waals surface area contributed by atoms with E-state index in [1.165, 1.54) is 0 Å². The number of rotatable bonds is 4. The van der Waals surface area contributed by atoms with E-state index >= 15 is 0 Å². The Morgan fingerprint density at radius 2 is 1.96 bits per heavy atom. The van der Waals surface area contributed by atoms with Gasteiger partial charge in [0.2, 0.25) is 5.91 Å². The summed E-state index contributed by atoms with van der Waals surface area (Å²) in [7, 11) is 0. The van der Waals surface area contributed by atoms with Gasteiger partial charge >= 0.3 is 0 Å². The molecule has 2 N–H and O–H groups in total. The average molecular weight is 331 g/mol. The second kappa shape index (κ2) is 7.53. The van der Waals surface area contributed by atoms with Gasteiger partial charge in [-0.2, -0.15) is 0 Å². The summed E-state index contributed by atoms with van der Waals surface area (Å²) in [6.07, 6.45) is 1.96. The summed E-state index contributed by atoms with van der Waals surface area (Å²) in [5.74, 6) is -0.315. The first-order valence-electron chi connectivity index (χ1n) is 9.12. The molecule has 0 bridgehead atoms. The molecule has 1 amide bonds. The van der Waals surface area contributed by atoms with Crippen LogP contribution >= 0.6 is 0 Å². The minimum absolute atomic E-state index is 0.0539. The Morgan fingerprint density at radius 3 is 2.58 bits per heavy atom. The molecule has 2 fully saturated rings. The maximum atomic E-state index is 12.3. The van der Waals surface area contributed by atoms with Crippen molar-refractivity contribution in [1.82, 2.24) is 4.90 Å². The molecule has 5 nitrogen and oxygen atoms in total. The highest BCUT2D eigenvalue weighted by atomic mass is 16.3. The molecule has 2 atom stereocenters. The van der Waals surface area contributed by atoms with E-state index in [4.69, 9.17) is 0 Å². The molecule has 24 heavy (non-hydrogen) atoms. The molecule has 0 radical (unpaired) electrons. The van der Waals surface area contributed by atoms with Gasteiger partial charge in [0.1, 0.15) is 0 Å². The van der Waals surface area contributed by atoms with Crippen LogP contribution in [0.2, 0.25) is 0 Å². The van der Waals surface area contributed by atoms with Crippen LogP contribution in [-0.4, -0.2) is 54.2 Å². The number of nitrogens with zero attached hydrogens (tertiary/aromatic N) is 2. The lowest BCUT2D eigenvalue weighted by molar-refractivity contribution is -0.122. The number of hydrogen-bond donors (Lipinski definition) is 2. The van der Waals surface area contributed by atoms with E-state index in [0.29, 0.717) is 6.04 Å². The smallest absolute Gasteiger partial charge is 0.230 e. The number of hydrogen-bond acceptors (Lipinski definition) is 4. The quantitative estimate of drug-likeness (QED) is 0.889. The number of carbonyl (C=O) groups excluding carboxylic acids is 1. The predicted molar refractivity (Wildman–Crippen MR) is 97.3 cm³/mol. The summed E-state index contributed by atoms with van der Waals surface area (Å²) in [6, 6.07) is 8.66. The number of amides is 1. The third-order valence-electron chi connectivity index (χ3n) is 5.34. The molecule has 1 aliphatic carbocycles. The summed E-state index contributed by atoms with van der Waals surface area (Å²) < 4.78 is 0. The van der Waals surface area contributed by atoms with E-state index in [0.717, 1.165) is 56.8 Å². The lowest BCUT2D eigenvalue weighted by atomic mass is 10.1. The molecule has 1 aliphatic heterocycles. The lowest BCUT2D eigenvalue weighted by Gasteiger charge is -2.38. The van der Waals surface area contributed by atoms with Crippen LogP contribution in [-0.2, 0) is 4.79 Å². The Kier molecular flexibility index (Phi) is 5.41. The van der Waals surface area contributed by atoms with Crippen LogP contribution in [0, 0.1) is 5.92 Å². The van der Waals surface area contributed by atoms with Crippen LogP contribution in [0.3, 0.4) is 0 Å². The van der Waals surface area contributed by atoms with Crippen molar-refractivity contribution in [2.24, 2.45) is 5.92 Å². The van der Waals surface area contributed by atoms with Gasteiger partial charge in [0, 0.05) is 43.6 Å². The van der Waals surface area contributed by atoms with Gasteiger partial charge in [0.25, 0.3) is 0 Å². The molecule has 1 saturated carbocycles. The van der Waals surface area contributed by atoms with E-state index in [1.807, 2.05) is 18.2 Å². The maximum absolute atomic E-state index is 12.3. The normalized spacial score (nSPS) is 25.2. The highest BCUT2D eigenvalue weighted by Gasteiger charge is 2.31. The SMILES string of the molecule is CC(C)N1CCN(c2cccc(NC(=O)C3CCCC3O)c2)CC1. The van der Waals surface area contributed by atoms with Crippen molar-refractivity contribution in [2.75, 3.05) is 36.4 Å². The zero-order chi connectivity index (χ0) is 17.1. The van der Waals surface area contributed by atoms with Crippen molar-refractivity contribution in [3.63, 3.8) is 0 Å². The summed E-state index contributed by atoms with van der Waals surface area (Å²) in [6.45, 7) is 8.64. The topological polar surface area (TPSA) is 55.8 Å². The molecule has 3 rings (SSSR count). The van der Waals surface area contributed by atoms with E-state index in [9.17, 15) is 9.90 Å². The number of piperazine rings is 1. The Balaban J connectivity index is 1.61. The van der Waals surface area contributed by atoms with E-state index in [1.54, 1.807) is 0 Å². The van der Waals surface area contributed by atoms with Crippen molar-refractivity contribution < 1.29 is 9.90 Å². The van der Waals surface area contributed by atoms with E-state index < -0.39 is 6.10 Å². The molecule has 1 aromatic rings. The molecule has 0 spiro atoms. The minimum atomic E-state index is -0.489. The largest absolute Gasteiger partial charge is 0.392 e. The van der Waals surface area contributed by atoms with Crippen LogP contribution in [0.15, 0.2) is 24.3 Å². The second-order valence-corrected chi connectivity index (χ2v) is 7.26. The lowest BCUT2D eigenvalue weighted by Crippen LogP contribution is -2.48. The molecule has 132 valence electrons.